The lowest BCUT2D eigenvalue weighted by Gasteiger charge is -2.15. The number of rotatable bonds is 9. The Morgan fingerprint density at radius 2 is 2.00 bits per heavy atom. The summed E-state index contributed by atoms with van der Waals surface area (Å²) >= 11 is 0. The second kappa shape index (κ2) is 8.92. The predicted molar refractivity (Wildman–Crippen MR) is 78.0 cm³/mol. The minimum Gasteiger partial charge on any atom is -0.493 e. The zero-order valence-corrected chi connectivity index (χ0v) is 12.8. The highest BCUT2D eigenvalue weighted by Crippen LogP contribution is 2.29. The van der Waals surface area contributed by atoms with Crippen molar-refractivity contribution >= 4 is 11.9 Å². The van der Waals surface area contributed by atoms with E-state index in [1.54, 1.807) is 0 Å². The fourth-order valence-electron chi connectivity index (χ4n) is 1.91. The normalized spacial score (nSPS) is 11.9. The lowest BCUT2D eigenvalue weighted by Crippen LogP contribution is -2.40. The molecule has 0 bridgehead atoms. The highest BCUT2D eigenvalue weighted by Gasteiger charge is 2.21. The first-order valence-corrected chi connectivity index (χ1v) is 7.05. The van der Waals surface area contributed by atoms with Crippen LogP contribution in [0, 0.1) is 0 Å². The zero-order valence-electron chi connectivity index (χ0n) is 12.8. The molecule has 0 aliphatic heterocycles. The number of ether oxygens (including phenoxy) is 2. The van der Waals surface area contributed by atoms with E-state index < -0.39 is 24.5 Å². The first kappa shape index (κ1) is 18.7. The Bertz CT molecular complexity index is 551. The van der Waals surface area contributed by atoms with E-state index in [1.165, 1.54) is 25.3 Å². The molecule has 1 rings (SSSR count). The number of hydrogen-bond acceptors (Lipinski definition) is 4. The van der Waals surface area contributed by atoms with Gasteiger partial charge < -0.3 is 19.9 Å². The fraction of sp³-hybridized carbons (Fsp3) is 0.467. The first-order valence-electron chi connectivity index (χ1n) is 7.05. The minimum atomic E-state index is -3.02. The summed E-state index contributed by atoms with van der Waals surface area (Å²) in [4.78, 5) is 23.2. The van der Waals surface area contributed by atoms with E-state index >= 15 is 0 Å². The van der Waals surface area contributed by atoms with Crippen molar-refractivity contribution in [1.29, 1.82) is 0 Å². The number of carbonyl (C=O) groups excluding carboxylic acids is 1. The summed E-state index contributed by atoms with van der Waals surface area (Å²) in [5, 5.41) is 11.5. The van der Waals surface area contributed by atoms with Crippen LogP contribution in [0.5, 0.6) is 11.5 Å². The Balaban J connectivity index is 2.88. The zero-order chi connectivity index (χ0) is 17.4. The van der Waals surface area contributed by atoms with Crippen molar-refractivity contribution in [3.63, 3.8) is 0 Å². The molecular weight excluding hydrogens is 312 g/mol. The summed E-state index contributed by atoms with van der Waals surface area (Å²) in [5.41, 5.74) is 0.0891. The third-order valence-electron chi connectivity index (χ3n) is 3.09. The SMILES string of the molecule is CCCCC(NC(=O)c1ccc(OC(F)F)c(OC)c1)C(=O)O. The Labute approximate surface area is 132 Å². The van der Waals surface area contributed by atoms with Crippen LogP contribution in [-0.2, 0) is 4.79 Å². The molecule has 0 aromatic heterocycles. The number of benzene rings is 1. The maximum Gasteiger partial charge on any atom is 0.387 e. The van der Waals surface area contributed by atoms with Gasteiger partial charge in [-0.05, 0) is 24.6 Å². The van der Waals surface area contributed by atoms with Crippen molar-refractivity contribution in [2.75, 3.05) is 7.11 Å². The largest absolute Gasteiger partial charge is 0.493 e. The van der Waals surface area contributed by atoms with Gasteiger partial charge in [0, 0.05) is 5.56 Å². The van der Waals surface area contributed by atoms with Gasteiger partial charge in [-0.3, -0.25) is 4.79 Å². The standard InChI is InChI=1S/C15H19F2NO5/c1-3-4-5-10(14(20)21)18-13(19)9-6-7-11(23-15(16)17)12(8-9)22-2/h6-8,10,15H,3-5H2,1-2H3,(H,18,19)(H,20,21). The van der Waals surface area contributed by atoms with Crippen LogP contribution in [0.15, 0.2) is 18.2 Å². The maximum atomic E-state index is 12.3. The minimum absolute atomic E-state index is 0.0432. The molecule has 1 aromatic rings. The highest BCUT2D eigenvalue weighted by atomic mass is 19.3. The first-order chi connectivity index (χ1) is 10.9. The van der Waals surface area contributed by atoms with Gasteiger partial charge in [0.05, 0.1) is 7.11 Å². The van der Waals surface area contributed by atoms with Crippen molar-refractivity contribution in [3.05, 3.63) is 23.8 Å². The summed E-state index contributed by atoms with van der Waals surface area (Å²) in [6.07, 6.45) is 1.76. The molecule has 0 saturated heterocycles. The van der Waals surface area contributed by atoms with Gasteiger partial charge in [-0.15, -0.1) is 0 Å². The van der Waals surface area contributed by atoms with Crippen LogP contribution >= 0.6 is 0 Å². The van der Waals surface area contributed by atoms with Crippen LogP contribution in [0.2, 0.25) is 0 Å². The Kier molecular flexibility index (Phi) is 7.24. The van der Waals surface area contributed by atoms with Crippen LogP contribution in [0.25, 0.3) is 0 Å². The molecule has 2 N–H and O–H groups in total. The third-order valence-corrected chi connectivity index (χ3v) is 3.09. The Hall–Kier alpha value is -2.38. The highest BCUT2D eigenvalue weighted by molar-refractivity contribution is 5.97. The van der Waals surface area contributed by atoms with Crippen LogP contribution in [0.1, 0.15) is 36.5 Å². The number of halogens is 2. The average molecular weight is 331 g/mol. The van der Waals surface area contributed by atoms with Gasteiger partial charge >= 0.3 is 12.6 Å². The van der Waals surface area contributed by atoms with Crippen molar-refractivity contribution < 1.29 is 33.0 Å². The van der Waals surface area contributed by atoms with E-state index in [9.17, 15) is 18.4 Å². The second-order valence-corrected chi connectivity index (χ2v) is 4.75. The number of hydrogen-bond donors (Lipinski definition) is 2. The number of nitrogens with one attached hydrogen (secondary N) is 1. The molecule has 0 spiro atoms. The van der Waals surface area contributed by atoms with Gasteiger partial charge in [-0.2, -0.15) is 8.78 Å². The monoisotopic (exact) mass is 331 g/mol. The van der Waals surface area contributed by atoms with E-state index in [2.05, 4.69) is 10.1 Å². The topological polar surface area (TPSA) is 84.9 Å². The van der Waals surface area contributed by atoms with Crippen molar-refractivity contribution in [2.24, 2.45) is 0 Å². The number of carbonyl (C=O) groups is 2. The lowest BCUT2D eigenvalue weighted by molar-refractivity contribution is -0.139. The summed E-state index contributed by atoms with van der Waals surface area (Å²) in [6.45, 7) is -1.11. The smallest absolute Gasteiger partial charge is 0.387 e. The summed E-state index contributed by atoms with van der Waals surface area (Å²) in [7, 11) is 1.25. The fourth-order valence-corrected chi connectivity index (χ4v) is 1.91. The van der Waals surface area contributed by atoms with Crippen LogP contribution < -0.4 is 14.8 Å². The number of methoxy groups -OCH3 is 1. The molecule has 1 atom stereocenters. The molecule has 1 aromatic carbocycles. The predicted octanol–water partition coefficient (Wildman–Crippen LogP) is 2.67. The van der Waals surface area contributed by atoms with Crippen molar-refractivity contribution in [1.82, 2.24) is 5.32 Å². The number of carboxylic acid groups (broad SMARTS) is 1. The van der Waals surface area contributed by atoms with E-state index in [0.717, 1.165) is 6.42 Å². The number of unbranched alkanes of at least 4 members (excludes halogenated alkanes) is 1. The quantitative estimate of drug-likeness (QED) is 0.727. The number of carboxylic acids is 1. The molecule has 23 heavy (non-hydrogen) atoms. The average Bonchev–Trinajstić information content (AvgIpc) is 2.50. The Morgan fingerprint density at radius 3 is 2.52 bits per heavy atom. The molecule has 0 saturated carbocycles. The van der Waals surface area contributed by atoms with E-state index in [-0.39, 0.29) is 17.1 Å². The van der Waals surface area contributed by atoms with Crippen molar-refractivity contribution in [2.45, 2.75) is 38.8 Å². The molecule has 128 valence electrons. The Morgan fingerprint density at radius 1 is 1.30 bits per heavy atom. The number of amides is 1. The molecule has 0 heterocycles. The molecular formula is C15H19F2NO5. The van der Waals surface area contributed by atoms with Gasteiger partial charge in [0.25, 0.3) is 5.91 Å². The summed E-state index contributed by atoms with van der Waals surface area (Å²) in [5.74, 6) is -2.01. The van der Waals surface area contributed by atoms with Gasteiger partial charge in [0.1, 0.15) is 6.04 Å². The maximum absolute atomic E-state index is 12.3. The molecule has 1 amide bonds. The molecule has 6 nitrogen and oxygen atoms in total. The van der Waals surface area contributed by atoms with E-state index in [1.807, 2.05) is 6.92 Å². The third kappa shape index (κ3) is 5.72. The summed E-state index contributed by atoms with van der Waals surface area (Å²) < 4.78 is 33.7. The van der Waals surface area contributed by atoms with E-state index in [0.29, 0.717) is 12.8 Å². The number of alkyl halides is 2. The molecule has 1 unspecified atom stereocenters. The van der Waals surface area contributed by atoms with Crippen molar-refractivity contribution in [3.8, 4) is 11.5 Å². The molecule has 0 radical (unpaired) electrons. The van der Waals surface area contributed by atoms with Crippen LogP contribution in [0.4, 0.5) is 8.78 Å². The van der Waals surface area contributed by atoms with Gasteiger partial charge in [0.2, 0.25) is 0 Å². The molecule has 0 aliphatic carbocycles. The molecule has 0 fully saturated rings. The molecule has 0 aliphatic rings. The van der Waals surface area contributed by atoms with Crippen LogP contribution in [0.3, 0.4) is 0 Å². The van der Waals surface area contributed by atoms with E-state index in [4.69, 9.17) is 9.84 Å². The summed E-state index contributed by atoms with van der Waals surface area (Å²) in [6, 6.07) is 2.63. The number of aliphatic carboxylic acids is 1. The van der Waals surface area contributed by atoms with Gasteiger partial charge in [-0.25, -0.2) is 4.79 Å². The van der Waals surface area contributed by atoms with Gasteiger partial charge in [-0.1, -0.05) is 19.8 Å². The second-order valence-electron chi connectivity index (χ2n) is 4.75. The van der Waals surface area contributed by atoms with Crippen LogP contribution in [-0.4, -0.2) is 36.7 Å². The van der Waals surface area contributed by atoms with Gasteiger partial charge in [0.15, 0.2) is 11.5 Å². The molecule has 8 heteroatoms. The lowest BCUT2D eigenvalue weighted by atomic mass is 10.1.